The summed E-state index contributed by atoms with van der Waals surface area (Å²) in [6, 6.07) is 6.51. The molecule has 0 aromatic heterocycles. The van der Waals surface area contributed by atoms with Crippen molar-refractivity contribution in [1.29, 1.82) is 0 Å². The Labute approximate surface area is 82.7 Å². The Hall–Kier alpha value is -0.880. The van der Waals surface area contributed by atoms with Crippen LogP contribution < -0.4 is 11.1 Å². The van der Waals surface area contributed by atoms with Gasteiger partial charge in [0.2, 0.25) is 4.99 Å². The number of thioether (sulfide) groups is 1. The molecule has 1 unspecified atom stereocenters. The van der Waals surface area contributed by atoms with Gasteiger partial charge in [0.05, 0.1) is 5.69 Å². The Balaban J connectivity index is 2.35. The molecule has 0 radical (unpaired) electrons. The summed E-state index contributed by atoms with van der Waals surface area (Å²) in [5.74, 6) is 0. The monoisotopic (exact) mass is 220 g/mol. The maximum Gasteiger partial charge on any atom is 0.435 e. The van der Waals surface area contributed by atoms with Crippen LogP contribution in [0.4, 0.5) is 18.9 Å². The normalized spacial score (nSPS) is 25.7. The van der Waals surface area contributed by atoms with Gasteiger partial charge in [-0.25, -0.2) is 0 Å². The summed E-state index contributed by atoms with van der Waals surface area (Å²) < 4.78 is 37.5. The van der Waals surface area contributed by atoms with E-state index in [9.17, 15) is 13.2 Å². The Morgan fingerprint density at radius 3 is 2.50 bits per heavy atom. The van der Waals surface area contributed by atoms with Gasteiger partial charge in [-0.1, -0.05) is 23.9 Å². The fraction of sp³-hybridized carbons (Fsp3) is 0.250. The minimum Gasteiger partial charge on any atom is -0.350 e. The predicted octanol–water partition coefficient (Wildman–Crippen LogP) is 2.38. The highest BCUT2D eigenvalue weighted by molar-refractivity contribution is 8.01. The van der Waals surface area contributed by atoms with Gasteiger partial charge >= 0.3 is 6.18 Å². The maximum atomic E-state index is 12.5. The lowest BCUT2D eigenvalue weighted by Gasteiger charge is -2.26. The summed E-state index contributed by atoms with van der Waals surface area (Å²) in [4.78, 5) is -1.87. The topological polar surface area (TPSA) is 38.0 Å². The zero-order valence-electron chi connectivity index (χ0n) is 6.93. The lowest BCUT2D eigenvalue weighted by atomic mass is 10.3. The summed E-state index contributed by atoms with van der Waals surface area (Å²) in [7, 11) is 0. The Morgan fingerprint density at radius 2 is 1.93 bits per heavy atom. The maximum absolute atomic E-state index is 12.5. The molecule has 1 aromatic carbocycles. The van der Waals surface area contributed by atoms with Crippen LogP contribution >= 0.6 is 11.8 Å². The number of para-hydroxylation sites is 1. The molecular formula is C8H7F3N2S. The molecule has 2 rings (SSSR count). The molecule has 14 heavy (non-hydrogen) atoms. The molecule has 1 heterocycles. The second kappa shape index (κ2) is 2.80. The third-order valence-corrected chi connectivity index (χ3v) is 3.13. The third kappa shape index (κ3) is 1.34. The van der Waals surface area contributed by atoms with Crippen molar-refractivity contribution < 1.29 is 13.2 Å². The van der Waals surface area contributed by atoms with Crippen LogP contribution in [0.1, 0.15) is 0 Å². The van der Waals surface area contributed by atoms with E-state index >= 15 is 0 Å². The molecule has 0 saturated carbocycles. The number of rotatable bonds is 0. The lowest BCUT2D eigenvalue weighted by Crippen LogP contribution is -2.54. The number of hydrogen-bond donors (Lipinski definition) is 2. The molecule has 0 spiro atoms. The molecule has 76 valence electrons. The fourth-order valence-corrected chi connectivity index (χ4v) is 2.19. The van der Waals surface area contributed by atoms with E-state index in [0.717, 1.165) is 0 Å². The molecule has 1 atom stereocenters. The molecular weight excluding hydrogens is 213 g/mol. The molecule has 1 aliphatic rings. The summed E-state index contributed by atoms with van der Waals surface area (Å²) in [6.45, 7) is 0. The van der Waals surface area contributed by atoms with E-state index in [-0.39, 0.29) is 0 Å². The van der Waals surface area contributed by atoms with Gasteiger partial charge in [-0.3, -0.25) is 5.73 Å². The Morgan fingerprint density at radius 1 is 1.29 bits per heavy atom. The molecule has 0 fully saturated rings. The van der Waals surface area contributed by atoms with Crippen molar-refractivity contribution in [3.63, 3.8) is 0 Å². The van der Waals surface area contributed by atoms with Crippen molar-refractivity contribution in [3.8, 4) is 0 Å². The van der Waals surface area contributed by atoms with E-state index in [2.05, 4.69) is 5.32 Å². The van der Waals surface area contributed by atoms with Crippen LogP contribution in [0.3, 0.4) is 0 Å². The van der Waals surface area contributed by atoms with Gasteiger partial charge in [0.15, 0.2) is 0 Å². The summed E-state index contributed by atoms with van der Waals surface area (Å²) >= 11 is 0.587. The van der Waals surface area contributed by atoms with E-state index < -0.39 is 11.2 Å². The van der Waals surface area contributed by atoms with Crippen molar-refractivity contribution in [2.24, 2.45) is 5.73 Å². The lowest BCUT2D eigenvalue weighted by molar-refractivity contribution is -0.150. The third-order valence-electron chi connectivity index (χ3n) is 1.90. The number of fused-ring (bicyclic) bond motifs is 1. The van der Waals surface area contributed by atoms with Gasteiger partial charge < -0.3 is 5.32 Å². The van der Waals surface area contributed by atoms with E-state index in [4.69, 9.17) is 5.73 Å². The van der Waals surface area contributed by atoms with E-state index in [1.54, 1.807) is 24.3 Å². The van der Waals surface area contributed by atoms with E-state index in [1.165, 1.54) is 0 Å². The van der Waals surface area contributed by atoms with Crippen molar-refractivity contribution in [2.45, 2.75) is 16.1 Å². The first kappa shape index (κ1) is 9.67. The number of anilines is 1. The number of nitrogens with two attached hydrogens (primary N) is 1. The van der Waals surface area contributed by atoms with Crippen molar-refractivity contribution in [2.75, 3.05) is 5.32 Å². The first-order chi connectivity index (χ1) is 6.42. The van der Waals surface area contributed by atoms with Crippen LogP contribution in [0.25, 0.3) is 0 Å². The van der Waals surface area contributed by atoms with E-state index in [0.29, 0.717) is 22.3 Å². The molecule has 0 amide bonds. The standard InChI is InChI=1S/C8H7F3N2S/c9-7(10,11)8(12)13-5-3-1-2-4-6(5)14-8/h1-4,13H,12H2. The number of hydrogen-bond acceptors (Lipinski definition) is 3. The van der Waals surface area contributed by atoms with Gasteiger partial charge in [-0.2, -0.15) is 13.2 Å². The molecule has 1 aliphatic heterocycles. The van der Waals surface area contributed by atoms with Crippen molar-refractivity contribution in [3.05, 3.63) is 24.3 Å². The molecule has 2 nitrogen and oxygen atoms in total. The summed E-state index contributed by atoms with van der Waals surface area (Å²) in [5, 5.41) is 2.27. The second-order valence-corrected chi connectivity index (χ2v) is 4.24. The average Bonchev–Trinajstić information content (AvgIpc) is 2.40. The average molecular weight is 220 g/mol. The van der Waals surface area contributed by atoms with Gasteiger partial charge in [0, 0.05) is 4.90 Å². The zero-order chi connectivity index (χ0) is 10.4. The molecule has 0 aliphatic carbocycles. The molecule has 3 N–H and O–H groups in total. The second-order valence-electron chi connectivity index (χ2n) is 2.96. The minimum absolute atomic E-state index is 0.428. The molecule has 1 aromatic rings. The van der Waals surface area contributed by atoms with E-state index in [1.807, 2.05) is 0 Å². The number of alkyl halides is 3. The van der Waals surface area contributed by atoms with Crippen LogP contribution in [0.15, 0.2) is 29.2 Å². The highest BCUT2D eigenvalue weighted by Gasteiger charge is 2.56. The van der Waals surface area contributed by atoms with Crippen LogP contribution in [-0.4, -0.2) is 11.2 Å². The van der Waals surface area contributed by atoms with Gasteiger partial charge in [0.1, 0.15) is 0 Å². The smallest absolute Gasteiger partial charge is 0.350 e. The van der Waals surface area contributed by atoms with Gasteiger partial charge in [-0.05, 0) is 12.1 Å². The van der Waals surface area contributed by atoms with Crippen LogP contribution in [0.5, 0.6) is 0 Å². The first-order valence-corrected chi connectivity index (χ1v) is 4.66. The highest BCUT2D eigenvalue weighted by Crippen LogP contribution is 2.49. The minimum atomic E-state index is -4.48. The summed E-state index contributed by atoms with van der Waals surface area (Å²) in [5.41, 5.74) is 5.64. The van der Waals surface area contributed by atoms with Gasteiger partial charge in [-0.15, -0.1) is 0 Å². The number of nitrogens with one attached hydrogen (secondary N) is 1. The quantitative estimate of drug-likeness (QED) is 0.705. The summed E-state index contributed by atoms with van der Waals surface area (Å²) in [6.07, 6.45) is -4.48. The molecule has 6 heteroatoms. The Bertz CT molecular complexity index is 339. The highest BCUT2D eigenvalue weighted by atomic mass is 32.2. The van der Waals surface area contributed by atoms with Crippen LogP contribution in [0.2, 0.25) is 0 Å². The molecule has 0 saturated heterocycles. The van der Waals surface area contributed by atoms with Crippen LogP contribution in [0, 0.1) is 0 Å². The fourth-order valence-electron chi connectivity index (χ4n) is 1.19. The predicted molar refractivity (Wildman–Crippen MR) is 48.9 cm³/mol. The van der Waals surface area contributed by atoms with Gasteiger partial charge in [0.25, 0.3) is 0 Å². The number of benzene rings is 1. The zero-order valence-corrected chi connectivity index (χ0v) is 7.75. The Kier molecular flexibility index (Phi) is 1.94. The van der Waals surface area contributed by atoms with Crippen LogP contribution in [-0.2, 0) is 0 Å². The van der Waals surface area contributed by atoms with Crippen molar-refractivity contribution >= 4 is 17.4 Å². The molecule has 0 bridgehead atoms. The van der Waals surface area contributed by atoms with Crippen molar-refractivity contribution in [1.82, 2.24) is 0 Å². The SMILES string of the molecule is NC1(C(F)(F)F)Nc2ccccc2S1. The number of halogens is 3. The first-order valence-electron chi connectivity index (χ1n) is 3.84. The largest absolute Gasteiger partial charge is 0.435 e.